The van der Waals surface area contributed by atoms with Crippen LogP contribution in [0, 0.1) is 24.0 Å². The number of amides is 1. The number of carbonyl (C=O) groups excluding carboxylic acids is 1. The van der Waals surface area contributed by atoms with E-state index in [0.29, 0.717) is 23.6 Å². The number of aryl methyl sites for hydroxylation is 2. The minimum atomic E-state index is -1.08. The lowest BCUT2D eigenvalue weighted by atomic mass is 9.88. The van der Waals surface area contributed by atoms with Gasteiger partial charge >= 0.3 is 5.97 Å². The minimum absolute atomic E-state index is 0.0506. The van der Waals surface area contributed by atoms with Crippen LogP contribution in [-0.2, 0) is 29.1 Å². The average Bonchev–Trinajstić information content (AvgIpc) is 3.22. The first-order valence-electron chi connectivity index (χ1n) is 12.7. The summed E-state index contributed by atoms with van der Waals surface area (Å²) in [6.07, 6.45) is 0.111. The molecule has 1 aliphatic rings. The number of aromatic nitrogens is 2. The number of carboxylic acid groups (broad SMARTS) is 1. The Morgan fingerprint density at radius 2 is 1.64 bits per heavy atom. The number of hydrogen-bond donors (Lipinski definition) is 1. The summed E-state index contributed by atoms with van der Waals surface area (Å²) in [7, 11) is 0. The standard InChI is InChI=1S/C30H28N4O5/c1-19-15-21(13-14-25(19)34(38)39)17-32-20(2)31-24-18-33(27(30(36)37)16-26(24)32)29(35)28(22-9-5-3-6-10-22)23-11-7-4-8-12-23/h3-15,27-28H,16-18H2,1-2H3,(H,36,37). The van der Waals surface area contributed by atoms with E-state index in [0.717, 1.165) is 22.4 Å². The molecule has 1 N–H and O–H groups in total. The van der Waals surface area contributed by atoms with Gasteiger partial charge in [-0.05, 0) is 36.6 Å². The van der Waals surface area contributed by atoms with Crippen LogP contribution in [0.15, 0.2) is 78.9 Å². The van der Waals surface area contributed by atoms with Crippen molar-refractivity contribution in [3.05, 3.63) is 128 Å². The van der Waals surface area contributed by atoms with Crippen LogP contribution in [0.5, 0.6) is 0 Å². The quantitative estimate of drug-likeness (QED) is 0.278. The van der Waals surface area contributed by atoms with Crippen LogP contribution in [0.25, 0.3) is 0 Å². The SMILES string of the molecule is Cc1cc(Cn2c(C)nc3c2CC(C(=O)O)N(C(=O)C(c2ccccc2)c2ccccc2)C3)ccc1[N+](=O)[O-]. The molecular formula is C30H28N4O5. The summed E-state index contributed by atoms with van der Waals surface area (Å²) in [5, 5.41) is 21.4. The third kappa shape index (κ3) is 5.03. The number of hydrogen-bond acceptors (Lipinski definition) is 5. The summed E-state index contributed by atoms with van der Waals surface area (Å²) >= 11 is 0. The topological polar surface area (TPSA) is 119 Å². The Bertz CT molecular complexity index is 1510. The zero-order valence-electron chi connectivity index (χ0n) is 21.7. The zero-order chi connectivity index (χ0) is 27.7. The van der Waals surface area contributed by atoms with Crippen LogP contribution in [-0.4, -0.2) is 42.4 Å². The predicted octanol–water partition coefficient (Wildman–Crippen LogP) is 4.63. The smallest absolute Gasteiger partial charge is 0.326 e. The van der Waals surface area contributed by atoms with E-state index in [2.05, 4.69) is 0 Å². The number of rotatable bonds is 7. The maximum absolute atomic E-state index is 14.1. The van der Waals surface area contributed by atoms with Crippen molar-refractivity contribution in [3.63, 3.8) is 0 Å². The van der Waals surface area contributed by atoms with Crippen LogP contribution in [0.1, 0.15) is 45.4 Å². The van der Waals surface area contributed by atoms with Gasteiger partial charge in [0.2, 0.25) is 5.91 Å². The third-order valence-corrected chi connectivity index (χ3v) is 7.31. The zero-order valence-corrected chi connectivity index (χ0v) is 21.7. The summed E-state index contributed by atoms with van der Waals surface area (Å²) in [6, 6.07) is 22.6. The van der Waals surface area contributed by atoms with E-state index < -0.39 is 22.9 Å². The molecule has 0 bridgehead atoms. The van der Waals surface area contributed by atoms with E-state index in [9.17, 15) is 24.8 Å². The molecule has 9 heteroatoms. The first-order chi connectivity index (χ1) is 18.7. The number of benzene rings is 3. The lowest BCUT2D eigenvalue weighted by Gasteiger charge is -2.35. The van der Waals surface area contributed by atoms with E-state index in [1.54, 1.807) is 19.1 Å². The van der Waals surface area contributed by atoms with Gasteiger partial charge < -0.3 is 14.6 Å². The van der Waals surface area contributed by atoms with Gasteiger partial charge in [0.1, 0.15) is 11.9 Å². The number of nitro groups is 1. The molecule has 5 rings (SSSR count). The molecule has 1 atom stereocenters. The highest BCUT2D eigenvalue weighted by Gasteiger charge is 2.40. The second-order valence-corrected chi connectivity index (χ2v) is 9.80. The molecule has 0 radical (unpaired) electrons. The lowest BCUT2D eigenvalue weighted by molar-refractivity contribution is -0.385. The van der Waals surface area contributed by atoms with E-state index >= 15 is 0 Å². The van der Waals surface area contributed by atoms with Crippen LogP contribution < -0.4 is 0 Å². The average molecular weight is 525 g/mol. The summed E-state index contributed by atoms with van der Waals surface area (Å²) in [6.45, 7) is 4.01. The molecule has 0 aliphatic carbocycles. The molecule has 1 amide bonds. The molecule has 0 spiro atoms. The summed E-state index contributed by atoms with van der Waals surface area (Å²) < 4.78 is 1.94. The van der Waals surface area contributed by atoms with Gasteiger partial charge in [0.05, 0.1) is 23.1 Å². The van der Waals surface area contributed by atoms with Gasteiger partial charge in [-0.3, -0.25) is 14.9 Å². The molecule has 4 aromatic rings. The van der Waals surface area contributed by atoms with E-state index in [1.807, 2.05) is 72.2 Å². The van der Waals surface area contributed by atoms with E-state index in [-0.39, 0.29) is 24.6 Å². The van der Waals surface area contributed by atoms with Gasteiger partial charge in [0.25, 0.3) is 5.69 Å². The largest absolute Gasteiger partial charge is 0.480 e. The van der Waals surface area contributed by atoms with Crippen molar-refractivity contribution >= 4 is 17.6 Å². The van der Waals surface area contributed by atoms with Gasteiger partial charge in [-0.2, -0.15) is 0 Å². The fourth-order valence-corrected chi connectivity index (χ4v) is 5.39. The summed E-state index contributed by atoms with van der Waals surface area (Å²) in [5.74, 6) is -1.33. The minimum Gasteiger partial charge on any atom is -0.480 e. The Balaban J connectivity index is 1.50. The monoisotopic (exact) mass is 524 g/mol. The molecule has 9 nitrogen and oxygen atoms in total. The highest BCUT2D eigenvalue weighted by Crippen LogP contribution is 2.32. The van der Waals surface area contributed by atoms with Crippen molar-refractivity contribution in [2.45, 2.75) is 45.3 Å². The van der Waals surface area contributed by atoms with E-state index in [1.165, 1.54) is 11.0 Å². The van der Waals surface area contributed by atoms with Crippen LogP contribution in [0.4, 0.5) is 5.69 Å². The Labute approximate surface area is 225 Å². The predicted molar refractivity (Wildman–Crippen MR) is 144 cm³/mol. The van der Waals surface area contributed by atoms with Crippen molar-refractivity contribution in [2.24, 2.45) is 0 Å². The summed E-state index contributed by atoms with van der Waals surface area (Å²) in [4.78, 5) is 43.6. The Morgan fingerprint density at radius 1 is 1.03 bits per heavy atom. The number of carboxylic acids is 1. The van der Waals surface area contributed by atoms with Crippen molar-refractivity contribution in [2.75, 3.05) is 0 Å². The first kappa shape index (κ1) is 25.8. The molecule has 1 unspecified atom stereocenters. The van der Waals surface area contributed by atoms with Gasteiger partial charge in [0.15, 0.2) is 0 Å². The molecule has 0 fully saturated rings. The first-order valence-corrected chi connectivity index (χ1v) is 12.7. The number of aliphatic carboxylic acids is 1. The third-order valence-electron chi connectivity index (χ3n) is 7.31. The highest BCUT2D eigenvalue weighted by atomic mass is 16.6. The van der Waals surface area contributed by atoms with E-state index in [4.69, 9.17) is 4.98 Å². The molecule has 0 saturated heterocycles. The molecule has 0 saturated carbocycles. The number of carbonyl (C=O) groups is 2. The molecule has 39 heavy (non-hydrogen) atoms. The lowest BCUT2D eigenvalue weighted by Crippen LogP contribution is -2.50. The summed E-state index contributed by atoms with van der Waals surface area (Å²) in [5.41, 5.74) is 4.46. The fourth-order valence-electron chi connectivity index (χ4n) is 5.39. The maximum Gasteiger partial charge on any atom is 0.326 e. The Hall–Kier alpha value is -4.79. The Kier molecular flexibility index (Phi) is 6.98. The van der Waals surface area contributed by atoms with Gasteiger partial charge in [-0.15, -0.1) is 0 Å². The second-order valence-electron chi connectivity index (χ2n) is 9.80. The van der Waals surface area contributed by atoms with Crippen molar-refractivity contribution < 1.29 is 19.6 Å². The molecule has 198 valence electrons. The fraction of sp³-hybridized carbons (Fsp3) is 0.233. The molecule has 3 aromatic carbocycles. The number of nitrogens with zero attached hydrogens (tertiary/aromatic N) is 4. The highest BCUT2D eigenvalue weighted by molar-refractivity contribution is 5.91. The Morgan fingerprint density at radius 3 is 2.18 bits per heavy atom. The molecular weight excluding hydrogens is 496 g/mol. The van der Waals surface area contributed by atoms with Crippen molar-refractivity contribution in [1.82, 2.24) is 14.5 Å². The van der Waals surface area contributed by atoms with Gasteiger partial charge in [-0.25, -0.2) is 9.78 Å². The maximum atomic E-state index is 14.1. The molecule has 1 aliphatic heterocycles. The second kappa shape index (κ2) is 10.5. The molecule has 1 aromatic heterocycles. The number of nitro benzene ring substituents is 1. The van der Waals surface area contributed by atoms with Crippen LogP contribution in [0.2, 0.25) is 0 Å². The van der Waals surface area contributed by atoms with Crippen molar-refractivity contribution in [3.8, 4) is 0 Å². The van der Waals surface area contributed by atoms with Crippen LogP contribution >= 0.6 is 0 Å². The number of fused-ring (bicyclic) bond motifs is 1. The normalized spacial score (nSPS) is 14.7. The van der Waals surface area contributed by atoms with Crippen molar-refractivity contribution in [1.29, 1.82) is 0 Å². The number of imidazole rings is 1. The molecule has 2 heterocycles. The van der Waals surface area contributed by atoms with Gasteiger partial charge in [0, 0.05) is 30.3 Å². The van der Waals surface area contributed by atoms with Crippen LogP contribution in [0.3, 0.4) is 0 Å². The van der Waals surface area contributed by atoms with Gasteiger partial charge in [-0.1, -0.05) is 66.7 Å².